The molecule has 0 spiro atoms. The summed E-state index contributed by atoms with van der Waals surface area (Å²) in [4.78, 5) is 10.5. The Hall–Kier alpha value is -1.99. The van der Waals surface area contributed by atoms with Crippen LogP contribution in [0.1, 0.15) is 25.0 Å². The van der Waals surface area contributed by atoms with E-state index in [9.17, 15) is 10.1 Å². The lowest BCUT2D eigenvalue weighted by Crippen LogP contribution is -2.44. The Morgan fingerprint density at radius 2 is 2.00 bits per heavy atom. The molecule has 0 saturated heterocycles. The zero-order valence-electron chi connectivity index (χ0n) is 10.7. The number of nitro groups is 1. The highest BCUT2D eigenvalue weighted by molar-refractivity contribution is 6.04. The maximum atomic E-state index is 11.0. The molecule has 1 aromatic rings. The first kappa shape index (κ1) is 13.4. The van der Waals surface area contributed by atoms with E-state index in [1.807, 2.05) is 0 Å². The molecule has 2 rings (SSSR count). The third-order valence-electron chi connectivity index (χ3n) is 2.83. The molecule has 1 aromatic carbocycles. The monoisotopic (exact) mass is 265 g/mol. The second-order valence-electron chi connectivity index (χ2n) is 3.94. The number of nitro benzene ring substituents is 1. The summed E-state index contributed by atoms with van der Waals surface area (Å²) in [5, 5.41) is 21.7. The first-order valence-corrected chi connectivity index (χ1v) is 5.98. The Labute approximate surface area is 110 Å². The topological polar surface area (TPSA) is 97.5 Å². The van der Waals surface area contributed by atoms with Gasteiger partial charge in [0.25, 0.3) is 11.6 Å². The second kappa shape index (κ2) is 4.94. The summed E-state index contributed by atoms with van der Waals surface area (Å²) in [5.41, 5.74) is 0.557. The van der Waals surface area contributed by atoms with Crippen molar-refractivity contribution >= 4 is 11.5 Å². The van der Waals surface area contributed by atoms with E-state index in [0.29, 0.717) is 18.8 Å². The molecular weight excluding hydrogens is 250 g/mol. The zero-order valence-corrected chi connectivity index (χ0v) is 10.7. The lowest BCUT2D eigenvalue weighted by molar-refractivity contribution is -0.385. The normalized spacial score (nSPS) is 16.0. The van der Waals surface area contributed by atoms with Crippen LogP contribution in [-0.4, -0.2) is 24.0 Å². The molecule has 7 heteroatoms. The molecule has 0 bridgehead atoms. The van der Waals surface area contributed by atoms with Crippen LogP contribution >= 0.6 is 0 Å². The second-order valence-corrected chi connectivity index (χ2v) is 3.94. The quantitative estimate of drug-likeness (QED) is 0.480. The molecule has 7 nitrogen and oxygen atoms in total. The predicted molar refractivity (Wildman–Crippen MR) is 68.0 cm³/mol. The molecule has 1 heterocycles. The van der Waals surface area contributed by atoms with E-state index >= 15 is 0 Å². The molecule has 0 unspecified atom stereocenters. The summed E-state index contributed by atoms with van der Waals surface area (Å²) in [6, 6.07) is 4.59. The number of nitrogens with zero attached hydrogens (tertiary/aromatic N) is 1. The van der Waals surface area contributed by atoms with Crippen molar-refractivity contribution in [1.82, 2.24) is 5.32 Å². The van der Waals surface area contributed by atoms with Crippen molar-refractivity contribution in [2.75, 3.05) is 13.2 Å². The van der Waals surface area contributed by atoms with E-state index in [2.05, 4.69) is 5.32 Å². The lowest BCUT2D eigenvalue weighted by Gasteiger charge is -2.29. The summed E-state index contributed by atoms with van der Waals surface area (Å²) in [5.74, 6) is -1.37. The number of fused-ring (bicyclic) bond motifs is 1. The highest BCUT2D eigenvalue weighted by Crippen LogP contribution is 2.37. The summed E-state index contributed by atoms with van der Waals surface area (Å²) < 4.78 is 11.1. The van der Waals surface area contributed by atoms with Gasteiger partial charge in [0.15, 0.2) is 0 Å². The van der Waals surface area contributed by atoms with Crippen LogP contribution in [0.4, 0.5) is 5.69 Å². The van der Waals surface area contributed by atoms with Crippen molar-refractivity contribution < 1.29 is 14.4 Å². The van der Waals surface area contributed by atoms with Crippen LogP contribution in [0.5, 0.6) is 0 Å². The average Bonchev–Trinajstić information content (AvgIpc) is 2.64. The van der Waals surface area contributed by atoms with Gasteiger partial charge in [0, 0.05) is 19.3 Å². The molecule has 102 valence electrons. The fourth-order valence-electron chi connectivity index (χ4n) is 2.20. The minimum absolute atomic E-state index is 0.0656. The number of ether oxygens (including phenoxy) is 2. The van der Waals surface area contributed by atoms with Gasteiger partial charge < -0.3 is 14.8 Å². The fourth-order valence-corrected chi connectivity index (χ4v) is 2.20. The molecule has 2 N–H and O–H groups in total. The van der Waals surface area contributed by atoms with Crippen LogP contribution in [0.2, 0.25) is 0 Å². The van der Waals surface area contributed by atoms with Crippen LogP contribution in [0, 0.1) is 15.5 Å². The van der Waals surface area contributed by atoms with E-state index in [1.54, 1.807) is 26.0 Å². The van der Waals surface area contributed by atoms with Crippen molar-refractivity contribution in [2.45, 2.75) is 19.8 Å². The first-order chi connectivity index (χ1) is 9.05. The van der Waals surface area contributed by atoms with Gasteiger partial charge in [-0.1, -0.05) is 12.1 Å². The van der Waals surface area contributed by atoms with Gasteiger partial charge in [-0.05, 0) is 13.8 Å². The van der Waals surface area contributed by atoms with Gasteiger partial charge in [0.1, 0.15) is 11.4 Å². The molecular formula is C12H15N3O4. The molecule has 0 aromatic heterocycles. The number of rotatable bonds is 5. The van der Waals surface area contributed by atoms with E-state index in [0.717, 1.165) is 0 Å². The van der Waals surface area contributed by atoms with Crippen LogP contribution < -0.4 is 5.32 Å². The summed E-state index contributed by atoms with van der Waals surface area (Å²) >= 11 is 0. The summed E-state index contributed by atoms with van der Waals surface area (Å²) in [6.07, 6.45) is 0. The van der Waals surface area contributed by atoms with Gasteiger partial charge in [-0.25, -0.2) is 0 Å². The zero-order chi connectivity index (χ0) is 14.0. The third-order valence-corrected chi connectivity index (χ3v) is 2.83. The molecule has 0 atom stereocenters. The standard InChI is InChI=1S/C12H15N3O4/c1-3-18-12(19-4-2)8-6-5-7-9(15(16)17)10(8)11(13)14-12/h5-7H,3-4H2,1-2H3,(H2,13,14). The molecule has 0 aliphatic carbocycles. The number of nitrogens with one attached hydrogen (secondary N) is 2. The SMILES string of the molecule is CCOC1(OCC)NC(=N)c2c([N+](=O)[O-])cccc21. The summed E-state index contributed by atoms with van der Waals surface area (Å²) in [7, 11) is 0. The smallest absolute Gasteiger partial charge is 0.280 e. The first-order valence-electron chi connectivity index (χ1n) is 5.98. The maximum Gasteiger partial charge on any atom is 0.280 e. The van der Waals surface area contributed by atoms with E-state index in [-0.39, 0.29) is 17.1 Å². The van der Waals surface area contributed by atoms with Gasteiger partial charge in [-0.15, -0.1) is 0 Å². The number of amidine groups is 1. The van der Waals surface area contributed by atoms with Crippen molar-refractivity contribution in [1.29, 1.82) is 5.41 Å². The minimum Gasteiger partial charge on any atom is -0.329 e. The average molecular weight is 265 g/mol. The highest BCUT2D eigenvalue weighted by Gasteiger charge is 2.46. The Kier molecular flexibility index (Phi) is 3.50. The molecule has 0 radical (unpaired) electrons. The number of hydrogen-bond acceptors (Lipinski definition) is 5. The predicted octanol–water partition coefficient (Wildman–Crippen LogP) is 1.71. The van der Waals surface area contributed by atoms with Gasteiger partial charge >= 0.3 is 0 Å². The minimum atomic E-state index is -1.30. The number of hydrogen-bond donors (Lipinski definition) is 2. The van der Waals surface area contributed by atoms with Crippen LogP contribution in [0.25, 0.3) is 0 Å². The van der Waals surface area contributed by atoms with E-state index < -0.39 is 10.8 Å². The van der Waals surface area contributed by atoms with E-state index in [1.165, 1.54) is 6.07 Å². The molecule has 1 aliphatic heterocycles. The van der Waals surface area contributed by atoms with Crippen molar-refractivity contribution in [2.24, 2.45) is 0 Å². The fraction of sp³-hybridized carbons (Fsp3) is 0.417. The highest BCUT2D eigenvalue weighted by atomic mass is 16.7. The maximum absolute atomic E-state index is 11.0. The van der Waals surface area contributed by atoms with Crippen LogP contribution in [0.15, 0.2) is 18.2 Å². The van der Waals surface area contributed by atoms with Crippen molar-refractivity contribution in [3.8, 4) is 0 Å². The Balaban J connectivity index is 2.60. The van der Waals surface area contributed by atoms with Gasteiger partial charge in [-0.3, -0.25) is 15.5 Å². The lowest BCUT2D eigenvalue weighted by atomic mass is 10.1. The van der Waals surface area contributed by atoms with Gasteiger partial charge in [-0.2, -0.15) is 0 Å². The van der Waals surface area contributed by atoms with Crippen LogP contribution in [-0.2, 0) is 15.4 Å². The molecule has 19 heavy (non-hydrogen) atoms. The molecule has 0 fully saturated rings. The van der Waals surface area contributed by atoms with Crippen LogP contribution in [0.3, 0.4) is 0 Å². The molecule has 0 saturated carbocycles. The number of benzene rings is 1. The van der Waals surface area contributed by atoms with E-state index in [4.69, 9.17) is 14.9 Å². The third kappa shape index (κ3) is 2.06. The Bertz CT molecular complexity index is 524. The van der Waals surface area contributed by atoms with Gasteiger partial charge in [0.2, 0.25) is 0 Å². The van der Waals surface area contributed by atoms with Crippen molar-refractivity contribution in [3.63, 3.8) is 0 Å². The largest absolute Gasteiger partial charge is 0.329 e. The Morgan fingerprint density at radius 1 is 1.37 bits per heavy atom. The molecule has 1 aliphatic rings. The summed E-state index contributed by atoms with van der Waals surface area (Å²) in [6.45, 7) is 4.29. The van der Waals surface area contributed by atoms with Crippen molar-refractivity contribution in [3.05, 3.63) is 39.4 Å². The molecule has 0 amide bonds. The van der Waals surface area contributed by atoms with Gasteiger partial charge in [0.05, 0.1) is 10.5 Å². The Morgan fingerprint density at radius 3 is 2.53 bits per heavy atom.